The molecule has 6 heteroatoms. The summed E-state index contributed by atoms with van der Waals surface area (Å²) in [4.78, 5) is 0.283. The van der Waals surface area contributed by atoms with Gasteiger partial charge in [-0.3, -0.25) is 0 Å². The average Bonchev–Trinajstić information content (AvgIpc) is 2.29. The molecule has 0 spiro atoms. The van der Waals surface area contributed by atoms with Gasteiger partial charge in [-0.1, -0.05) is 22.0 Å². The van der Waals surface area contributed by atoms with E-state index in [4.69, 9.17) is 4.74 Å². The van der Waals surface area contributed by atoms with E-state index >= 15 is 0 Å². The largest absolute Gasteiger partial charge is 0.380 e. The molecule has 96 valence electrons. The maximum absolute atomic E-state index is 12.1. The summed E-state index contributed by atoms with van der Waals surface area (Å²) >= 11 is 3.26. The van der Waals surface area contributed by atoms with Gasteiger partial charge < -0.3 is 4.74 Å². The van der Waals surface area contributed by atoms with Crippen LogP contribution in [0.4, 0.5) is 0 Å². The summed E-state index contributed by atoms with van der Waals surface area (Å²) in [7, 11) is -1.87. The molecule has 0 heterocycles. The van der Waals surface area contributed by atoms with Crippen molar-refractivity contribution in [1.82, 2.24) is 4.31 Å². The number of nitrogens with zero attached hydrogens (tertiary/aromatic N) is 1. The third kappa shape index (κ3) is 4.06. The van der Waals surface area contributed by atoms with E-state index in [1.165, 1.54) is 4.31 Å². The van der Waals surface area contributed by atoms with Crippen LogP contribution in [0.3, 0.4) is 0 Å². The van der Waals surface area contributed by atoms with Gasteiger partial charge in [-0.15, -0.1) is 0 Å². The lowest BCUT2D eigenvalue weighted by Gasteiger charge is -2.17. The van der Waals surface area contributed by atoms with Crippen LogP contribution in [0, 0.1) is 0 Å². The number of rotatable bonds is 6. The minimum atomic E-state index is -3.42. The van der Waals surface area contributed by atoms with Crippen molar-refractivity contribution in [2.75, 3.05) is 26.8 Å². The fourth-order valence-corrected chi connectivity index (χ4v) is 3.02. The van der Waals surface area contributed by atoms with E-state index in [-0.39, 0.29) is 4.90 Å². The van der Waals surface area contributed by atoms with Crippen LogP contribution in [0.5, 0.6) is 0 Å². The van der Waals surface area contributed by atoms with E-state index < -0.39 is 10.0 Å². The summed E-state index contributed by atoms with van der Waals surface area (Å²) in [6, 6.07) is 6.66. The normalized spacial score (nSPS) is 12.0. The molecule has 1 rings (SSSR count). The summed E-state index contributed by atoms with van der Waals surface area (Å²) in [5.74, 6) is 0. The monoisotopic (exact) mass is 321 g/mol. The zero-order chi connectivity index (χ0) is 12.9. The van der Waals surface area contributed by atoms with Gasteiger partial charge in [0.05, 0.1) is 11.5 Å². The van der Waals surface area contributed by atoms with Crippen molar-refractivity contribution in [3.05, 3.63) is 28.7 Å². The third-order valence-electron chi connectivity index (χ3n) is 2.26. The van der Waals surface area contributed by atoms with Gasteiger partial charge in [0.25, 0.3) is 0 Å². The van der Waals surface area contributed by atoms with Crippen LogP contribution in [-0.4, -0.2) is 39.5 Å². The number of halogens is 1. The molecule has 0 saturated heterocycles. The molecule has 0 amide bonds. The first-order valence-corrected chi connectivity index (χ1v) is 7.51. The van der Waals surface area contributed by atoms with Crippen molar-refractivity contribution >= 4 is 26.0 Å². The molecule has 0 aliphatic rings. The Bertz CT molecular complexity index is 462. The first-order chi connectivity index (χ1) is 7.98. The van der Waals surface area contributed by atoms with Crippen LogP contribution in [-0.2, 0) is 14.8 Å². The molecule has 0 aromatic heterocycles. The molecule has 4 nitrogen and oxygen atoms in total. The molecule has 1 aromatic carbocycles. The van der Waals surface area contributed by atoms with Crippen LogP contribution in [0.1, 0.15) is 6.92 Å². The van der Waals surface area contributed by atoms with Gasteiger partial charge in [-0.05, 0) is 25.1 Å². The van der Waals surface area contributed by atoms with E-state index in [1.54, 1.807) is 31.3 Å². The Balaban J connectivity index is 2.80. The lowest BCUT2D eigenvalue weighted by atomic mass is 10.4. The Morgan fingerprint density at radius 2 is 2.12 bits per heavy atom. The molecule has 0 aliphatic heterocycles. The minimum Gasteiger partial charge on any atom is -0.380 e. The van der Waals surface area contributed by atoms with Crippen LogP contribution < -0.4 is 0 Å². The second-order valence-corrected chi connectivity index (χ2v) is 6.44. The van der Waals surface area contributed by atoms with Crippen LogP contribution in [0.2, 0.25) is 0 Å². The van der Waals surface area contributed by atoms with Crippen molar-refractivity contribution in [2.24, 2.45) is 0 Å². The van der Waals surface area contributed by atoms with E-state index in [0.29, 0.717) is 19.8 Å². The van der Waals surface area contributed by atoms with Crippen molar-refractivity contribution in [2.45, 2.75) is 11.8 Å². The smallest absolute Gasteiger partial charge is 0.242 e. The van der Waals surface area contributed by atoms with Gasteiger partial charge >= 0.3 is 0 Å². The lowest BCUT2D eigenvalue weighted by Crippen LogP contribution is -2.30. The zero-order valence-corrected chi connectivity index (χ0v) is 12.3. The van der Waals surface area contributed by atoms with E-state index in [9.17, 15) is 8.42 Å². The van der Waals surface area contributed by atoms with E-state index in [1.807, 2.05) is 6.92 Å². The highest BCUT2D eigenvalue weighted by atomic mass is 79.9. The molecule has 17 heavy (non-hydrogen) atoms. The van der Waals surface area contributed by atoms with Crippen molar-refractivity contribution in [3.63, 3.8) is 0 Å². The second kappa shape index (κ2) is 6.49. The van der Waals surface area contributed by atoms with Crippen molar-refractivity contribution in [3.8, 4) is 0 Å². The third-order valence-corrected chi connectivity index (χ3v) is 4.61. The Morgan fingerprint density at radius 3 is 2.71 bits per heavy atom. The van der Waals surface area contributed by atoms with E-state index in [2.05, 4.69) is 15.9 Å². The van der Waals surface area contributed by atoms with Crippen LogP contribution in [0.15, 0.2) is 33.6 Å². The highest BCUT2D eigenvalue weighted by molar-refractivity contribution is 9.10. The number of benzene rings is 1. The predicted molar refractivity (Wildman–Crippen MR) is 70.5 cm³/mol. The molecule has 0 atom stereocenters. The number of likely N-dealkylation sites (N-methyl/N-ethyl adjacent to an activating group) is 1. The molecule has 0 saturated carbocycles. The molecule has 0 bridgehead atoms. The summed E-state index contributed by atoms with van der Waals surface area (Å²) < 4.78 is 31.4. The topological polar surface area (TPSA) is 46.6 Å². The van der Waals surface area contributed by atoms with Crippen LogP contribution >= 0.6 is 15.9 Å². The Morgan fingerprint density at radius 1 is 1.41 bits per heavy atom. The Hall–Kier alpha value is -0.430. The second-order valence-electron chi connectivity index (χ2n) is 3.48. The van der Waals surface area contributed by atoms with Gasteiger partial charge in [0.1, 0.15) is 0 Å². The quantitative estimate of drug-likeness (QED) is 0.754. The molecular formula is C11H16BrNO3S. The molecule has 1 aromatic rings. The maximum Gasteiger partial charge on any atom is 0.242 e. The van der Waals surface area contributed by atoms with Gasteiger partial charge in [0.2, 0.25) is 10.0 Å². The van der Waals surface area contributed by atoms with Gasteiger partial charge in [-0.2, -0.15) is 4.31 Å². The lowest BCUT2D eigenvalue weighted by molar-refractivity contribution is 0.138. The first-order valence-electron chi connectivity index (χ1n) is 5.28. The highest BCUT2D eigenvalue weighted by Crippen LogP contribution is 2.18. The predicted octanol–water partition coefficient (Wildman–Crippen LogP) is 2.11. The maximum atomic E-state index is 12.1. The highest BCUT2D eigenvalue weighted by Gasteiger charge is 2.20. The molecular weight excluding hydrogens is 306 g/mol. The van der Waals surface area contributed by atoms with Crippen molar-refractivity contribution < 1.29 is 13.2 Å². The fraction of sp³-hybridized carbons (Fsp3) is 0.455. The Kier molecular flexibility index (Phi) is 5.58. The number of hydrogen-bond acceptors (Lipinski definition) is 3. The molecule has 0 N–H and O–H groups in total. The summed E-state index contributed by atoms with van der Waals surface area (Å²) in [6.07, 6.45) is 0. The number of ether oxygens (including phenoxy) is 1. The fourth-order valence-electron chi connectivity index (χ4n) is 1.27. The van der Waals surface area contributed by atoms with Crippen molar-refractivity contribution in [1.29, 1.82) is 0 Å². The SMILES string of the molecule is CCOCCN(C)S(=O)(=O)c1cccc(Br)c1. The Labute approximate surface area is 111 Å². The standard InChI is InChI=1S/C11H16BrNO3S/c1-3-16-8-7-13(2)17(14,15)11-6-4-5-10(12)9-11/h4-6,9H,3,7-8H2,1-2H3. The minimum absolute atomic E-state index is 0.283. The van der Waals surface area contributed by atoms with Gasteiger partial charge in [0, 0.05) is 24.7 Å². The van der Waals surface area contributed by atoms with Gasteiger partial charge in [0.15, 0.2) is 0 Å². The molecule has 0 fully saturated rings. The van der Waals surface area contributed by atoms with Gasteiger partial charge in [-0.25, -0.2) is 8.42 Å². The average molecular weight is 322 g/mol. The summed E-state index contributed by atoms with van der Waals surface area (Å²) in [5.41, 5.74) is 0. The first kappa shape index (κ1) is 14.6. The molecule has 0 radical (unpaired) electrons. The molecule has 0 unspecified atom stereocenters. The number of hydrogen-bond donors (Lipinski definition) is 0. The number of sulfonamides is 1. The zero-order valence-electron chi connectivity index (χ0n) is 9.89. The van der Waals surface area contributed by atoms with Crippen LogP contribution in [0.25, 0.3) is 0 Å². The summed E-state index contributed by atoms with van der Waals surface area (Å²) in [6.45, 7) is 3.22. The van der Waals surface area contributed by atoms with E-state index in [0.717, 1.165) is 4.47 Å². The molecule has 0 aliphatic carbocycles. The summed E-state index contributed by atoms with van der Waals surface area (Å²) in [5, 5.41) is 0.